The summed E-state index contributed by atoms with van der Waals surface area (Å²) in [7, 11) is 0. The topological polar surface area (TPSA) is 94.8 Å². The van der Waals surface area contributed by atoms with Gasteiger partial charge < -0.3 is 15.3 Å². The van der Waals surface area contributed by atoms with Crippen LogP contribution in [-0.4, -0.2) is 39.3 Å². The average Bonchev–Trinajstić information content (AvgIpc) is 3.22. The SMILES string of the molecule is O=C(O)CCCC=CCC1C(C(=O)CCCCc2cccs2)[C@@H](O)C[C@@H]1O. The van der Waals surface area contributed by atoms with Gasteiger partial charge >= 0.3 is 5.97 Å². The Kier molecular flexibility index (Phi) is 9.18. The zero-order valence-electron chi connectivity index (χ0n) is 15.6. The molecule has 1 aromatic heterocycles. The van der Waals surface area contributed by atoms with Crippen molar-refractivity contribution in [3.05, 3.63) is 34.5 Å². The van der Waals surface area contributed by atoms with Gasteiger partial charge in [0.2, 0.25) is 0 Å². The number of carboxylic acids is 1. The second-order valence-corrected chi connectivity index (χ2v) is 8.34. The average molecular weight is 395 g/mol. The molecule has 1 fully saturated rings. The van der Waals surface area contributed by atoms with Crippen LogP contribution in [0.15, 0.2) is 29.7 Å². The highest BCUT2D eigenvalue weighted by atomic mass is 32.1. The van der Waals surface area contributed by atoms with Gasteiger partial charge in [-0.25, -0.2) is 0 Å². The summed E-state index contributed by atoms with van der Waals surface area (Å²) in [6, 6.07) is 4.13. The summed E-state index contributed by atoms with van der Waals surface area (Å²) in [6.45, 7) is 0. The molecule has 1 heterocycles. The van der Waals surface area contributed by atoms with E-state index >= 15 is 0 Å². The van der Waals surface area contributed by atoms with Crippen molar-refractivity contribution < 1.29 is 24.9 Å². The molecule has 5 nitrogen and oxygen atoms in total. The van der Waals surface area contributed by atoms with E-state index in [1.165, 1.54) is 4.88 Å². The van der Waals surface area contributed by atoms with Gasteiger partial charge in [0.25, 0.3) is 0 Å². The monoisotopic (exact) mass is 394 g/mol. The van der Waals surface area contributed by atoms with E-state index in [-0.39, 0.29) is 24.5 Å². The Labute approximate surface area is 164 Å². The summed E-state index contributed by atoms with van der Waals surface area (Å²) in [5.74, 6) is -1.50. The largest absolute Gasteiger partial charge is 0.481 e. The maximum Gasteiger partial charge on any atom is 0.303 e. The third-order valence-corrected chi connectivity index (χ3v) is 6.17. The first-order valence-corrected chi connectivity index (χ1v) is 10.6. The smallest absolute Gasteiger partial charge is 0.303 e. The molecule has 2 rings (SSSR count). The van der Waals surface area contributed by atoms with Crippen molar-refractivity contribution in [1.82, 2.24) is 0 Å². The molecule has 2 unspecified atom stereocenters. The third-order valence-electron chi connectivity index (χ3n) is 5.24. The van der Waals surface area contributed by atoms with Gasteiger partial charge in [-0.3, -0.25) is 9.59 Å². The number of carboxylic acid groups (broad SMARTS) is 1. The van der Waals surface area contributed by atoms with Crippen molar-refractivity contribution in [2.45, 2.75) is 70.0 Å². The summed E-state index contributed by atoms with van der Waals surface area (Å²) in [5.41, 5.74) is 0. The van der Waals surface area contributed by atoms with Crippen LogP contribution in [0.3, 0.4) is 0 Å². The van der Waals surface area contributed by atoms with Crippen molar-refractivity contribution in [3.63, 3.8) is 0 Å². The van der Waals surface area contributed by atoms with Crippen LogP contribution in [0.1, 0.15) is 56.2 Å². The van der Waals surface area contributed by atoms with Gasteiger partial charge in [0.15, 0.2) is 0 Å². The Bertz CT molecular complexity index is 610. The minimum atomic E-state index is -0.803. The van der Waals surface area contributed by atoms with Gasteiger partial charge in [-0.2, -0.15) is 0 Å². The number of rotatable bonds is 12. The Morgan fingerprint density at radius 1 is 1.11 bits per heavy atom. The molecule has 1 aliphatic rings. The van der Waals surface area contributed by atoms with E-state index in [0.717, 1.165) is 19.3 Å². The lowest BCUT2D eigenvalue weighted by Gasteiger charge is -2.21. The van der Waals surface area contributed by atoms with Crippen molar-refractivity contribution in [1.29, 1.82) is 0 Å². The number of carbonyl (C=O) groups excluding carboxylic acids is 1. The number of thiophene rings is 1. The molecule has 0 saturated heterocycles. The van der Waals surface area contributed by atoms with Crippen molar-refractivity contribution in [3.8, 4) is 0 Å². The van der Waals surface area contributed by atoms with Crippen LogP contribution in [0.5, 0.6) is 0 Å². The number of allylic oxidation sites excluding steroid dienone is 2. The second kappa shape index (κ2) is 11.4. The molecule has 3 N–H and O–H groups in total. The highest BCUT2D eigenvalue weighted by Crippen LogP contribution is 2.37. The molecule has 1 saturated carbocycles. The van der Waals surface area contributed by atoms with E-state index in [1.54, 1.807) is 11.3 Å². The van der Waals surface area contributed by atoms with Gasteiger partial charge in [0.05, 0.1) is 12.2 Å². The molecule has 150 valence electrons. The molecule has 0 aromatic carbocycles. The minimum Gasteiger partial charge on any atom is -0.481 e. The Morgan fingerprint density at radius 3 is 2.63 bits per heavy atom. The van der Waals surface area contributed by atoms with Gasteiger partial charge in [-0.1, -0.05) is 18.2 Å². The number of hydrogen-bond donors (Lipinski definition) is 3. The van der Waals surface area contributed by atoms with E-state index in [2.05, 4.69) is 11.4 Å². The zero-order valence-corrected chi connectivity index (χ0v) is 16.4. The van der Waals surface area contributed by atoms with E-state index in [0.29, 0.717) is 25.7 Å². The van der Waals surface area contributed by atoms with Crippen LogP contribution in [0.2, 0.25) is 0 Å². The van der Waals surface area contributed by atoms with E-state index in [9.17, 15) is 19.8 Å². The lowest BCUT2D eigenvalue weighted by Crippen LogP contribution is -2.29. The highest BCUT2D eigenvalue weighted by molar-refractivity contribution is 7.09. The number of aliphatic hydroxyl groups is 2. The molecule has 0 amide bonds. The van der Waals surface area contributed by atoms with Gasteiger partial charge in [-0.15, -0.1) is 11.3 Å². The molecule has 4 atom stereocenters. The standard InChI is InChI=1S/C21H30O5S/c22-17(11-6-5-8-15-9-7-13-27-15)21-16(18(23)14-19(21)24)10-3-1-2-4-12-20(25)26/h1,3,7,9,13,16,18-19,21,23-24H,2,4-6,8,10-12,14H2,(H,25,26)/t16?,18-,19-,21?/m0/s1. The number of unbranched alkanes of at least 4 members (excludes halogenated alkanes) is 2. The lowest BCUT2D eigenvalue weighted by atomic mass is 9.85. The molecule has 6 heteroatoms. The van der Waals surface area contributed by atoms with Crippen LogP contribution in [0, 0.1) is 11.8 Å². The Hall–Kier alpha value is -1.50. The second-order valence-electron chi connectivity index (χ2n) is 7.31. The number of aliphatic carboxylic acids is 1. The van der Waals surface area contributed by atoms with E-state index < -0.39 is 24.1 Å². The fourth-order valence-corrected chi connectivity index (χ4v) is 4.56. The van der Waals surface area contributed by atoms with Crippen LogP contribution >= 0.6 is 11.3 Å². The fraction of sp³-hybridized carbons (Fsp3) is 0.619. The van der Waals surface area contributed by atoms with Gasteiger partial charge in [0.1, 0.15) is 5.78 Å². The molecule has 0 bridgehead atoms. The molecular formula is C21H30O5S. The summed E-state index contributed by atoms with van der Waals surface area (Å²) >= 11 is 1.73. The first kappa shape index (κ1) is 21.8. The van der Waals surface area contributed by atoms with Gasteiger partial charge in [0, 0.05) is 36.0 Å². The van der Waals surface area contributed by atoms with Crippen LogP contribution in [0.4, 0.5) is 0 Å². The normalized spacial score (nSPS) is 25.3. The Morgan fingerprint density at radius 2 is 1.93 bits per heavy atom. The summed E-state index contributed by atoms with van der Waals surface area (Å²) < 4.78 is 0. The predicted octanol–water partition coefficient (Wildman–Crippen LogP) is 3.59. The quantitative estimate of drug-likeness (QED) is 0.372. The first-order valence-electron chi connectivity index (χ1n) is 9.77. The Balaban J connectivity index is 1.76. The molecule has 27 heavy (non-hydrogen) atoms. The highest BCUT2D eigenvalue weighted by Gasteiger charge is 2.44. The predicted molar refractivity (Wildman–Crippen MR) is 106 cm³/mol. The third kappa shape index (κ3) is 7.20. The van der Waals surface area contributed by atoms with Crippen LogP contribution in [-0.2, 0) is 16.0 Å². The van der Waals surface area contributed by atoms with E-state index in [4.69, 9.17) is 5.11 Å². The van der Waals surface area contributed by atoms with Crippen molar-refractivity contribution in [2.75, 3.05) is 0 Å². The molecule has 1 aromatic rings. The minimum absolute atomic E-state index is 0.0505. The van der Waals surface area contributed by atoms with E-state index in [1.807, 2.05) is 18.2 Å². The van der Waals surface area contributed by atoms with Crippen molar-refractivity contribution in [2.24, 2.45) is 11.8 Å². The van der Waals surface area contributed by atoms with Crippen molar-refractivity contribution >= 4 is 23.1 Å². The first-order chi connectivity index (χ1) is 13.0. The summed E-state index contributed by atoms with van der Waals surface area (Å²) in [4.78, 5) is 24.4. The molecule has 0 radical (unpaired) electrons. The maximum absolute atomic E-state index is 12.6. The zero-order chi connectivity index (χ0) is 19.6. The van der Waals surface area contributed by atoms with Crippen LogP contribution in [0.25, 0.3) is 0 Å². The number of carbonyl (C=O) groups is 2. The maximum atomic E-state index is 12.6. The molecule has 1 aliphatic carbocycles. The molecule has 0 aliphatic heterocycles. The number of hydrogen-bond acceptors (Lipinski definition) is 5. The number of Topliss-reactive ketones (excluding diaryl/α,β-unsaturated/α-hetero) is 1. The summed E-state index contributed by atoms with van der Waals surface area (Å²) in [6.07, 6.45) is 7.73. The van der Waals surface area contributed by atoms with Gasteiger partial charge in [-0.05, 0) is 50.0 Å². The summed E-state index contributed by atoms with van der Waals surface area (Å²) in [5, 5.41) is 31.1. The molecular weight excluding hydrogens is 364 g/mol. The fourth-order valence-electron chi connectivity index (χ4n) is 3.81. The van der Waals surface area contributed by atoms with Crippen LogP contribution < -0.4 is 0 Å². The lowest BCUT2D eigenvalue weighted by molar-refractivity contribution is -0.137. The number of aliphatic hydroxyl groups excluding tert-OH is 2. The number of aryl methyl sites for hydroxylation is 1. The number of ketones is 1. The molecule has 0 spiro atoms.